The molecular formula is C26H29F2N3O2. The van der Waals surface area contributed by atoms with E-state index in [0.29, 0.717) is 30.4 Å². The second-order valence-electron chi connectivity index (χ2n) is 9.22. The van der Waals surface area contributed by atoms with Crippen LogP contribution in [0, 0.1) is 11.6 Å². The van der Waals surface area contributed by atoms with Gasteiger partial charge >= 0.3 is 0 Å². The van der Waals surface area contributed by atoms with Crippen molar-refractivity contribution in [2.45, 2.75) is 57.0 Å². The molecule has 1 unspecified atom stereocenters. The molecule has 1 saturated carbocycles. The van der Waals surface area contributed by atoms with Gasteiger partial charge in [-0.2, -0.15) is 0 Å². The van der Waals surface area contributed by atoms with E-state index in [0.717, 1.165) is 55.1 Å². The van der Waals surface area contributed by atoms with Gasteiger partial charge in [0.25, 0.3) is 5.91 Å². The molecule has 1 aliphatic heterocycles. The van der Waals surface area contributed by atoms with E-state index in [1.54, 1.807) is 12.1 Å². The number of aromatic amines is 1. The van der Waals surface area contributed by atoms with Crippen molar-refractivity contribution >= 4 is 16.8 Å². The maximum atomic E-state index is 14.6. The standard InChI is InChI=1S/C26H29F2N3O2/c27-17-7-10-24-21(12-17)16(14-30-24)4-1-2-11-31(18-5-3-6-18)19-13-22-23(28)9-8-20(26(29)32)25(22)33-15-19/h7-10,12,14,18-19,30H,1-6,11,13,15H2,(H2,29,32). The van der Waals surface area contributed by atoms with Crippen molar-refractivity contribution < 1.29 is 18.3 Å². The Labute approximate surface area is 191 Å². The first-order chi connectivity index (χ1) is 16.0. The van der Waals surface area contributed by atoms with E-state index in [1.165, 1.54) is 24.6 Å². The molecule has 2 aliphatic rings. The summed E-state index contributed by atoms with van der Waals surface area (Å²) in [6.45, 7) is 1.33. The third kappa shape index (κ3) is 4.34. The topological polar surface area (TPSA) is 71.4 Å². The number of amides is 1. The van der Waals surface area contributed by atoms with Gasteiger partial charge < -0.3 is 15.5 Å². The Morgan fingerprint density at radius 3 is 2.76 bits per heavy atom. The van der Waals surface area contributed by atoms with Crippen molar-refractivity contribution in [3.05, 3.63) is 64.9 Å². The highest BCUT2D eigenvalue weighted by molar-refractivity contribution is 5.96. The summed E-state index contributed by atoms with van der Waals surface area (Å²) in [6.07, 6.45) is 8.85. The lowest BCUT2D eigenvalue weighted by Gasteiger charge is -2.44. The highest BCUT2D eigenvalue weighted by Gasteiger charge is 2.35. The third-order valence-electron chi connectivity index (χ3n) is 7.18. The number of carbonyl (C=O) groups excluding carboxylic acids is 1. The summed E-state index contributed by atoms with van der Waals surface area (Å²) in [7, 11) is 0. The van der Waals surface area contributed by atoms with Crippen molar-refractivity contribution in [1.82, 2.24) is 9.88 Å². The van der Waals surface area contributed by atoms with Gasteiger partial charge in [-0.05, 0) is 81.0 Å². The lowest BCUT2D eigenvalue weighted by Crippen LogP contribution is -2.51. The van der Waals surface area contributed by atoms with Crippen molar-refractivity contribution in [1.29, 1.82) is 0 Å². The first kappa shape index (κ1) is 21.9. The molecule has 0 radical (unpaired) electrons. The first-order valence-corrected chi connectivity index (χ1v) is 11.8. The molecule has 1 aromatic heterocycles. The number of nitrogens with one attached hydrogen (secondary N) is 1. The lowest BCUT2D eigenvalue weighted by atomic mass is 9.88. The second kappa shape index (κ2) is 9.14. The fourth-order valence-electron chi connectivity index (χ4n) is 5.19. The Morgan fingerprint density at radius 1 is 1.15 bits per heavy atom. The number of nitrogens with zero attached hydrogens (tertiary/aromatic N) is 1. The summed E-state index contributed by atoms with van der Waals surface area (Å²) >= 11 is 0. The van der Waals surface area contributed by atoms with Gasteiger partial charge in [-0.1, -0.05) is 6.42 Å². The summed E-state index contributed by atoms with van der Waals surface area (Å²) in [5, 5.41) is 0.948. The van der Waals surface area contributed by atoms with Crippen LogP contribution in [-0.4, -0.2) is 41.0 Å². The van der Waals surface area contributed by atoms with E-state index in [1.807, 2.05) is 6.20 Å². The normalized spacial score (nSPS) is 18.2. The molecule has 0 spiro atoms. The molecule has 1 aliphatic carbocycles. The van der Waals surface area contributed by atoms with Gasteiger partial charge in [0, 0.05) is 34.7 Å². The fraction of sp³-hybridized carbons (Fsp3) is 0.423. The molecule has 7 heteroatoms. The number of ether oxygens (including phenoxy) is 1. The summed E-state index contributed by atoms with van der Waals surface area (Å²) in [4.78, 5) is 17.4. The van der Waals surface area contributed by atoms with E-state index in [9.17, 15) is 13.6 Å². The minimum atomic E-state index is -0.599. The minimum Gasteiger partial charge on any atom is -0.491 e. The number of aromatic nitrogens is 1. The highest BCUT2D eigenvalue weighted by atomic mass is 19.1. The molecule has 33 heavy (non-hydrogen) atoms. The number of fused-ring (bicyclic) bond motifs is 2. The zero-order chi connectivity index (χ0) is 22.9. The highest BCUT2D eigenvalue weighted by Crippen LogP contribution is 2.35. The zero-order valence-corrected chi connectivity index (χ0v) is 18.6. The lowest BCUT2D eigenvalue weighted by molar-refractivity contribution is 0.0420. The minimum absolute atomic E-state index is 0.0719. The molecule has 3 N–H and O–H groups in total. The Morgan fingerprint density at radius 2 is 2.00 bits per heavy atom. The fourth-order valence-corrected chi connectivity index (χ4v) is 5.19. The van der Waals surface area contributed by atoms with Crippen molar-refractivity contribution in [3.8, 4) is 5.75 Å². The van der Waals surface area contributed by atoms with Gasteiger partial charge in [0.05, 0.1) is 5.56 Å². The predicted octanol–water partition coefficient (Wildman–Crippen LogP) is 4.73. The number of hydrogen-bond donors (Lipinski definition) is 2. The Kier molecular flexibility index (Phi) is 6.06. The van der Waals surface area contributed by atoms with Gasteiger partial charge in [-0.3, -0.25) is 9.69 Å². The number of primary amides is 1. The van der Waals surface area contributed by atoms with Gasteiger partial charge in [0.2, 0.25) is 0 Å². The maximum Gasteiger partial charge on any atom is 0.252 e. The van der Waals surface area contributed by atoms with Gasteiger partial charge in [-0.25, -0.2) is 8.78 Å². The molecule has 2 aromatic carbocycles. The molecule has 3 aromatic rings. The SMILES string of the molecule is NC(=O)c1ccc(F)c2c1OCC(N(CCCCc1c[nH]c3ccc(F)cc13)C1CCC1)C2. The number of benzene rings is 2. The van der Waals surface area contributed by atoms with Gasteiger partial charge in [-0.15, -0.1) is 0 Å². The van der Waals surface area contributed by atoms with Crippen LogP contribution in [0.4, 0.5) is 8.78 Å². The number of halogens is 2. The number of H-pyrrole nitrogens is 1. The molecule has 5 rings (SSSR count). The Bertz CT molecular complexity index is 1170. The molecule has 5 nitrogen and oxygen atoms in total. The van der Waals surface area contributed by atoms with Crippen LogP contribution in [-0.2, 0) is 12.8 Å². The number of nitrogens with two attached hydrogens (primary N) is 1. The van der Waals surface area contributed by atoms with E-state index in [2.05, 4.69) is 9.88 Å². The second-order valence-corrected chi connectivity index (χ2v) is 9.22. The first-order valence-electron chi connectivity index (χ1n) is 11.8. The average Bonchev–Trinajstić information content (AvgIpc) is 3.16. The van der Waals surface area contributed by atoms with Crippen LogP contribution in [0.1, 0.15) is 53.6 Å². The van der Waals surface area contributed by atoms with Crippen LogP contribution in [0.3, 0.4) is 0 Å². The molecule has 0 bridgehead atoms. The average molecular weight is 454 g/mol. The van der Waals surface area contributed by atoms with Crippen LogP contribution in [0.5, 0.6) is 5.75 Å². The maximum absolute atomic E-state index is 14.6. The van der Waals surface area contributed by atoms with Crippen molar-refractivity contribution in [2.75, 3.05) is 13.2 Å². The number of unbranched alkanes of at least 4 members (excludes halogenated alkanes) is 1. The summed E-state index contributed by atoms with van der Waals surface area (Å²) in [5.74, 6) is -0.861. The van der Waals surface area contributed by atoms with Crippen LogP contribution in [0.15, 0.2) is 36.5 Å². The molecule has 1 atom stereocenters. The Balaban J connectivity index is 1.25. The number of hydrogen-bond acceptors (Lipinski definition) is 3. The van der Waals surface area contributed by atoms with Crippen LogP contribution < -0.4 is 10.5 Å². The third-order valence-corrected chi connectivity index (χ3v) is 7.18. The summed E-state index contributed by atoms with van der Waals surface area (Å²) in [6, 6.07) is 8.11. The molecule has 2 heterocycles. The van der Waals surface area contributed by atoms with Gasteiger partial charge in [0.1, 0.15) is 24.0 Å². The molecule has 174 valence electrons. The van der Waals surface area contributed by atoms with E-state index in [-0.39, 0.29) is 23.2 Å². The number of carbonyl (C=O) groups is 1. The van der Waals surface area contributed by atoms with Crippen molar-refractivity contribution in [2.24, 2.45) is 5.73 Å². The van der Waals surface area contributed by atoms with E-state index >= 15 is 0 Å². The van der Waals surface area contributed by atoms with E-state index in [4.69, 9.17) is 10.5 Å². The summed E-state index contributed by atoms with van der Waals surface area (Å²) in [5.41, 5.74) is 8.24. The molecule has 1 fully saturated rings. The number of rotatable bonds is 8. The van der Waals surface area contributed by atoms with E-state index < -0.39 is 5.91 Å². The predicted molar refractivity (Wildman–Crippen MR) is 123 cm³/mol. The van der Waals surface area contributed by atoms with Gasteiger partial charge in [0.15, 0.2) is 0 Å². The smallest absolute Gasteiger partial charge is 0.252 e. The van der Waals surface area contributed by atoms with Crippen LogP contribution in [0.25, 0.3) is 10.9 Å². The van der Waals surface area contributed by atoms with Crippen LogP contribution >= 0.6 is 0 Å². The largest absolute Gasteiger partial charge is 0.491 e. The Hall–Kier alpha value is -2.93. The monoisotopic (exact) mass is 453 g/mol. The molecular weight excluding hydrogens is 424 g/mol. The van der Waals surface area contributed by atoms with Crippen LogP contribution in [0.2, 0.25) is 0 Å². The quantitative estimate of drug-likeness (QED) is 0.485. The molecule has 1 amide bonds. The van der Waals surface area contributed by atoms with Crippen molar-refractivity contribution in [3.63, 3.8) is 0 Å². The number of aryl methyl sites for hydroxylation is 1. The zero-order valence-electron chi connectivity index (χ0n) is 18.6. The molecule has 0 saturated heterocycles. The summed E-state index contributed by atoms with van der Waals surface area (Å²) < 4.78 is 34.1.